The highest BCUT2D eigenvalue weighted by atomic mass is 16.4. The molecule has 2 heterocycles. The van der Waals surface area contributed by atoms with Crippen molar-refractivity contribution >= 4 is 23.5 Å². The summed E-state index contributed by atoms with van der Waals surface area (Å²) in [4.78, 5) is 45.4. The molecule has 3 aromatic rings. The van der Waals surface area contributed by atoms with Crippen LogP contribution in [-0.4, -0.2) is 39.8 Å². The van der Waals surface area contributed by atoms with Crippen LogP contribution in [0.1, 0.15) is 55.6 Å². The van der Waals surface area contributed by atoms with Gasteiger partial charge in [0.15, 0.2) is 0 Å². The largest absolute Gasteiger partial charge is 0.478 e. The molecule has 0 aliphatic carbocycles. The number of benzene rings is 2. The summed E-state index contributed by atoms with van der Waals surface area (Å²) in [6.07, 6.45) is 1.68. The molecule has 1 aliphatic rings. The lowest BCUT2D eigenvalue weighted by Crippen LogP contribution is -2.34. The van der Waals surface area contributed by atoms with Gasteiger partial charge in [-0.1, -0.05) is 36.4 Å². The molecule has 1 atom stereocenters. The van der Waals surface area contributed by atoms with E-state index in [1.165, 1.54) is 6.07 Å². The van der Waals surface area contributed by atoms with Gasteiger partial charge in [-0.25, -0.2) is 4.79 Å². The van der Waals surface area contributed by atoms with Gasteiger partial charge in [0, 0.05) is 25.4 Å². The second-order valence-corrected chi connectivity index (χ2v) is 8.33. The Bertz CT molecular complexity index is 1230. The van der Waals surface area contributed by atoms with Gasteiger partial charge in [-0.3, -0.25) is 19.5 Å². The second-order valence-electron chi connectivity index (χ2n) is 8.33. The third-order valence-corrected chi connectivity index (χ3v) is 6.00. The van der Waals surface area contributed by atoms with Gasteiger partial charge in [-0.2, -0.15) is 0 Å². The topological polar surface area (TPSA) is 90.8 Å². The molecule has 2 aromatic carbocycles. The zero-order valence-electron chi connectivity index (χ0n) is 18.8. The quantitative estimate of drug-likeness (QED) is 0.618. The molecule has 0 radical (unpaired) electrons. The zero-order chi connectivity index (χ0) is 23.7. The number of fused-ring (bicyclic) bond motifs is 1. The maximum absolute atomic E-state index is 13.3. The number of carbonyl (C=O) groups is 3. The van der Waals surface area contributed by atoms with Gasteiger partial charge in [0.1, 0.15) is 5.69 Å². The molecule has 0 bridgehead atoms. The smallest absolute Gasteiger partial charge is 0.335 e. The summed E-state index contributed by atoms with van der Waals surface area (Å²) in [5, 5.41) is 9.22. The molecule has 33 heavy (non-hydrogen) atoms. The molecule has 1 aromatic heterocycles. The van der Waals surface area contributed by atoms with Crippen LogP contribution >= 0.6 is 0 Å². The Kier molecular flexibility index (Phi) is 5.96. The normalized spacial score (nSPS) is 14.8. The molecular formula is C26H25N3O4. The average Bonchev–Trinajstić information content (AvgIpc) is 3.05. The zero-order valence-corrected chi connectivity index (χ0v) is 18.8. The van der Waals surface area contributed by atoms with Crippen molar-refractivity contribution in [2.75, 3.05) is 11.9 Å². The minimum Gasteiger partial charge on any atom is -0.478 e. The molecule has 168 valence electrons. The fourth-order valence-corrected chi connectivity index (χ4v) is 4.39. The molecule has 4 rings (SSSR count). The summed E-state index contributed by atoms with van der Waals surface area (Å²) in [5.74, 6) is -1.37. The Morgan fingerprint density at radius 1 is 1.06 bits per heavy atom. The highest BCUT2D eigenvalue weighted by Gasteiger charge is 2.41. The van der Waals surface area contributed by atoms with E-state index in [1.54, 1.807) is 47.3 Å². The van der Waals surface area contributed by atoms with E-state index in [4.69, 9.17) is 0 Å². The van der Waals surface area contributed by atoms with E-state index < -0.39 is 12.0 Å². The fourth-order valence-electron chi connectivity index (χ4n) is 4.39. The van der Waals surface area contributed by atoms with Gasteiger partial charge in [-0.05, 0) is 48.7 Å². The minimum atomic E-state index is -1.01. The predicted molar refractivity (Wildman–Crippen MR) is 124 cm³/mol. The number of rotatable bonds is 6. The summed E-state index contributed by atoms with van der Waals surface area (Å²) in [7, 11) is 1.68. The molecule has 1 N–H and O–H groups in total. The number of carboxylic acid groups (broad SMARTS) is 1. The number of amides is 2. The van der Waals surface area contributed by atoms with Gasteiger partial charge in [0.2, 0.25) is 5.91 Å². The maximum Gasteiger partial charge on any atom is 0.335 e. The van der Waals surface area contributed by atoms with Crippen LogP contribution in [0.15, 0.2) is 60.8 Å². The predicted octanol–water partition coefficient (Wildman–Crippen LogP) is 4.15. The number of nitrogens with zero attached hydrogens (tertiary/aromatic N) is 3. The van der Waals surface area contributed by atoms with E-state index in [2.05, 4.69) is 4.98 Å². The summed E-state index contributed by atoms with van der Waals surface area (Å²) < 4.78 is 0. The Morgan fingerprint density at radius 3 is 2.45 bits per heavy atom. The number of carbonyl (C=O) groups excluding carboxylic acids is 2. The Balaban J connectivity index is 1.63. The van der Waals surface area contributed by atoms with E-state index in [-0.39, 0.29) is 30.3 Å². The van der Waals surface area contributed by atoms with Crippen molar-refractivity contribution in [3.8, 4) is 0 Å². The van der Waals surface area contributed by atoms with Crippen molar-refractivity contribution in [2.45, 2.75) is 32.9 Å². The first-order valence-electron chi connectivity index (χ1n) is 10.7. The lowest BCUT2D eigenvalue weighted by Gasteiger charge is -2.29. The first-order valence-corrected chi connectivity index (χ1v) is 10.7. The molecule has 0 fully saturated rings. The standard InChI is InChI=1S/C26H25N3O4/c1-16-7-4-8-17(2)24(16)29-21(20-11-6-12-27-23(20)25(29)31)14-22(30)28(3)15-18-9-5-10-19(13-18)26(32)33/h4-13,21H,14-15H2,1-3H3,(H,32,33). The number of anilines is 1. The number of hydrogen-bond donors (Lipinski definition) is 1. The Morgan fingerprint density at radius 2 is 1.76 bits per heavy atom. The SMILES string of the molecule is Cc1cccc(C)c1N1C(=O)c2ncccc2C1CC(=O)N(C)Cc1cccc(C(=O)O)c1. The fraction of sp³-hybridized carbons (Fsp3) is 0.231. The first kappa shape index (κ1) is 22.2. The van der Waals surface area contributed by atoms with Crippen LogP contribution < -0.4 is 4.90 Å². The molecule has 0 saturated heterocycles. The number of pyridine rings is 1. The second kappa shape index (κ2) is 8.86. The van der Waals surface area contributed by atoms with Crippen molar-refractivity contribution in [2.24, 2.45) is 0 Å². The molecule has 0 saturated carbocycles. The van der Waals surface area contributed by atoms with E-state index in [9.17, 15) is 19.5 Å². The van der Waals surface area contributed by atoms with Crippen molar-refractivity contribution in [1.29, 1.82) is 0 Å². The number of carboxylic acids is 1. The first-order chi connectivity index (χ1) is 15.8. The number of aromatic nitrogens is 1. The number of aromatic carboxylic acids is 1. The van der Waals surface area contributed by atoms with Gasteiger partial charge in [-0.15, -0.1) is 0 Å². The van der Waals surface area contributed by atoms with Crippen LogP contribution in [0.4, 0.5) is 5.69 Å². The van der Waals surface area contributed by atoms with E-state index in [0.717, 1.165) is 27.9 Å². The third kappa shape index (κ3) is 4.22. The number of aryl methyl sites for hydroxylation is 2. The maximum atomic E-state index is 13.3. The van der Waals surface area contributed by atoms with Gasteiger partial charge < -0.3 is 10.0 Å². The highest BCUT2D eigenvalue weighted by molar-refractivity contribution is 6.11. The van der Waals surface area contributed by atoms with Gasteiger partial charge >= 0.3 is 5.97 Å². The van der Waals surface area contributed by atoms with Crippen LogP contribution in [0, 0.1) is 13.8 Å². The van der Waals surface area contributed by atoms with Crippen molar-refractivity contribution in [3.05, 3.63) is 94.3 Å². The van der Waals surface area contributed by atoms with Gasteiger partial charge in [0.05, 0.1) is 23.7 Å². The molecule has 1 unspecified atom stereocenters. The average molecular weight is 444 g/mol. The molecule has 0 spiro atoms. The molecule has 1 aliphatic heterocycles. The molecular weight excluding hydrogens is 418 g/mol. The van der Waals surface area contributed by atoms with Crippen LogP contribution in [0.5, 0.6) is 0 Å². The van der Waals surface area contributed by atoms with E-state index >= 15 is 0 Å². The summed E-state index contributed by atoms with van der Waals surface area (Å²) in [5.41, 5.74) is 4.71. The molecule has 7 heteroatoms. The van der Waals surface area contributed by atoms with Crippen LogP contribution in [0.25, 0.3) is 0 Å². The lowest BCUT2D eigenvalue weighted by atomic mass is 10.0. The van der Waals surface area contributed by atoms with Crippen LogP contribution in [0.3, 0.4) is 0 Å². The number of hydrogen-bond acceptors (Lipinski definition) is 4. The van der Waals surface area contributed by atoms with E-state index in [1.807, 2.05) is 38.1 Å². The summed E-state index contributed by atoms with van der Waals surface area (Å²) in [6, 6.07) is 15.5. The van der Waals surface area contributed by atoms with E-state index in [0.29, 0.717) is 5.69 Å². The van der Waals surface area contributed by atoms with Crippen molar-refractivity contribution in [3.63, 3.8) is 0 Å². The molecule has 2 amide bonds. The lowest BCUT2D eigenvalue weighted by molar-refractivity contribution is -0.130. The van der Waals surface area contributed by atoms with Gasteiger partial charge in [0.25, 0.3) is 5.91 Å². The Labute approximate surface area is 192 Å². The Hall–Kier alpha value is -4.00. The third-order valence-electron chi connectivity index (χ3n) is 6.00. The summed E-state index contributed by atoms with van der Waals surface area (Å²) in [6.45, 7) is 4.17. The van der Waals surface area contributed by atoms with Crippen molar-refractivity contribution in [1.82, 2.24) is 9.88 Å². The van der Waals surface area contributed by atoms with Crippen molar-refractivity contribution < 1.29 is 19.5 Å². The number of para-hydroxylation sites is 1. The van der Waals surface area contributed by atoms with Crippen LogP contribution in [0.2, 0.25) is 0 Å². The highest BCUT2D eigenvalue weighted by Crippen LogP contribution is 2.41. The summed E-state index contributed by atoms with van der Waals surface area (Å²) >= 11 is 0. The minimum absolute atomic E-state index is 0.0906. The van der Waals surface area contributed by atoms with Crippen LogP contribution in [-0.2, 0) is 11.3 Å². The monoisotopic (exact) mass is 443 g/mol. The molecule has 7 nitrogen and oxygen atoms in total.